The maximum absolute atomic E-state index is 9.82. The van der Waals surface area contributed by atoms with Crippen molar-refractivity contribution in [2.24, 2.45) is 11.8 Å². The van der Waals surface area contributed by atoms with Crippen LogP contribution >= 0.6 is 11.8 Å². The van der Waals surface area contributed by atoms with Crippen LogP contribution in [0.25, 0.3) is 16.9 Å². The average molecular weight is 431 g/mol. The fraction of sp³-hybridized carbons (Fsp3) is 0.400. The summed E-state index contributed by atoms with van der Waals surface area (Å²) < 4.78 is 8.13. The maximum atomic E-state index is 9.82. The molecule has 0 radical (unpaired) electrons. The smallest absolute Gasteiger partial charge is 0.138 e. The van der Waals surface area contributed by atoms with E-state index < -0.39 is 0 Å². The van der Waals surface area contributed by atoms with Gasteiger partial charge < -0.3 is 4.74 Å². The zero-order chi connectivity index (χ0) is 21.8. The molecule has 1 aliphatic carbocycles. The van der Waals surface area contributed by atoms with E-state index in [1.54, 1.807) is 12.3 Å². The van der Waals surface area contributed by atoms with Gasteiger partial charge in [0.1, 0.15) is 34.8 Å². The SMILES string of the molecule is CCC1CCCC(COc2cc(-c3cnc4cccc(C#N)n34)cc(SC)c2C#N)C1. The minimum atomic E-state index is 0.523. The molecule has 6 heteroatoms. The number of aromatic nitrogens is 2. The highest BCUT2D eigenvalue weighted by Gasteiger charge is 2.22. The fourth-order valence-electron chi connectivity index (χ4n) is 4.58. The van der Waals surface area contributed by atoms with Crippen LogP contribution in [-0.4, -0.2) is 22.2 Å². The maximum Gasteiger partial charge on any atom is 0.138 e. The monoisotopic (exact) mass is 430 g/mol. The number of hydrogen-bond donors (Lipinski definition) is 0. The summed E-state index contributed by atoms with van der Waals surface area (Å²) >= 11 is 1.53. The van der Waals surface area contributed by atoms with Crippen LogP contribution in [0.1, 0.15) is 50.3 Å². The molecule has 1 aliphatic rings. The summed E-state index contributed by atoms with van der Waals surface area (Å²) in [6, 6.07) is 14.0. The van der Waals surface area contributed by atoms with Crippen molar-refractivity contribution in [3.8, 4) is 29.1 Å². The first-order valence-corrected chi connectivity index (χ1v) is 12.0. The number of fused-ring (bicyclic) bond motifs is 1. The Morgan fingerprint density at radius 3 is 2.77 bits per heavy atom. The lowest BCUT2D eigenvalue weighted by atomic mass is 9.80. The second-order valence-electron chi connectivity index (χ2n) is 8.14. The third kappa shape index (κ3) is 4.27. The molecule has 0 bridgehead atoms. The summed E-state index contributed by atoms with van der Waals surface area (Å²) in [5.74, 6) is 1.94. The number of rotatable bonds is 6. The molecule has 0 N–H and O–H groups in total. The van der Waals surface area contributed by atoms with Gasteiger partial charge >= 0.3 is 0 Å². The molecule has 0 saturated heterocycles. The number of nitriles is 2. The molecule has 2 aromatic heterocycles. The Kier molecular flexibility index (Phi) is 6.49. The Morgan fingerprint density at radius 1 is 1.19 bits per heavy atom. The van der Waals surface area contributed by atoms with Gasteiger partial charge in [0.25, 0.3) is 0 Å². The summed E-state index contributed by atoms with van der Waals surface area (Å²) in [6.45, 7) is 2.90. The van der Waals surface area contributed by atoms with Crippen LogP contribution in [0, 0.1) is 34.5 Å². The van der Waals surface area contributed by atoms with E-state index in [-0.39, 0.29) is 0 Å². The number of pyridine rings is 1. The summed E-state index contributed by atoms with van der Waals surface area (Å²) in [6.07, 6.45) is 9.93. The van der Waals surface area contributed by atoms with Crippen LogP contribution in [0.3, 0.4) is 0 Å². The molecule has 158 valence electrons. The van der Waals surface area contributed by atoms with Gasteiger partial charge in [0.2, 0.25) is 0 Å². The molecule has 3 aromatic rings. The molecule has 31 heavy (non-hydrogen) atoms. The molecule has 5 nitrogen and oxygen atoms in total. The molecule has 2 atom stereocenters. The van der Waals surface area contributed by atoms with Gasteiger partial charge in [-0.1, -0.05) is 32.3 Å². The molecular weight excluding hydrogens is 404 g/mol. The molecule has 2 unspecified atom stereocenters. The van der Waals surface area contributed by atoms with Crippen LogP contribution in [0.15, 0.2) is 41.4 Å². The summed E-state index contributed by atoms with van der Waals surface area (Å²) in [4.78, 5) is 5.34. The van der Waals surface area contributed by atoms with E-state index in [4.69, 9.17) is 4.74 Å². The fourth-order valence-corrected chi connectivity index (χ4v) is 5.18. The topological polar surface area (TPSA) is 74.1 Å². The molecule has 0 aliphatic heterocycles. The van der Waals surface area contributed by atoms with Gasteiger partial charge in [0, 0.05) is 10.5 Å². The standard InChI is InChI=1S/C25H26N4OS/c1-3-17-6-4-7-18(10-17)16-30-23-11-19(12-24(31-2)21(23)14-27)22-15-28-25-9-5-8-20(13-26)29(22)25/h5,8-9,11-12,15,17-18H,3-4,6-7,10,16H2,1-2H3. The van der Waals surface area contributed by atoms with Crippen LogP contribution < -0.4 is 4.74 Å². The Hall–Kier alpha value is -2.96. The summed E-state index contributed by atoms with van der Waals surface area (Å²) in [5, 5.41) is 19.4. The lowest BCUT2D eigenvalue weighted by molar-refractivity contribution is 0.173. The van der Waals surface area contributed by atoms with Gasteiger partial charge in [-0.25, -0.2) is 4.98 Å². The van der Waals surface area contributed by atoms with Crippen LogP contribution in [-0.2, 0) is 0 Å². The minimum absolute atomic E-state index is 0.523. The third-order valence-corrected chi connectivity index (χ3v) is 7.04. The molecule has 1 fully saturated rings. The number of nitrogens with zero attached hydrogens (tertiary/aromatic N) is 4. The van der Waals surface area contributed by atoms with Crippen molar-refractivity contribution in [3.05, 3.63) is 47.8 Å². The van der Waals surface area contributed by atoms with Gasteiger partial charge in [0.15, 0.2) is 0 Å². The molecule has 1 aromatic carbocycles. The zero-order valence-electron chi connectivity index (χ0n) is 18.0. The second-order valence-corrected chi connectivity index (χ2v) is 8.99. The molecular formula is C25H26N4OS. The van der Waals surface area contributed by atoms with E-state index in [9.17, 15) is 10.5 Å². The van der Waals surface area contributed by atoms with Crippen molar-refractivity contribution >= 4 is 17.4 Å². The van der Waals surface area contributed by atoms with E-state index in [0.717, 1.165) is 27.7 Å². The number of thioether (sulfide) groups is 1. The quantitative estimate of drug-likeness (QED) is 0.444. The number of benzene rings is 1. The average Bonchev–Trinajstić information content (AvgIpc) is 3.26. The first-order chi connectivity index (χ1) is 15.2. The molecule has 4 rings (SSSR count). The first-order valence-electron chi connectivity index (χ1n) is 10.8. The Bertz CT molecular complexity index is 1170. The first kappa shape index (κ1) is 21.3. The largest absolute Gasteiger partial charge is 0.492 e. The van der Waals surface area contributed by atoms with Gasteiger partial charge in [-0.3, -0.25) is 4.40 Å². The van der Waals surface area contributed by atoms with E-state index in [1.165, 1.54) is 43.9 Å². The Morgan fingerprint density at radius 2 is 2.03 bits per heavy atom. The Balaban J connectivity index is 1.71. The van der Waals surface area contributed by atoms with Gasteiger partial charge in [0.05, 0.1) is 18.5 Å². The van der Waals surface area contributed by atoms with Crippen LogP contribution in [0.5, 0.6) is 5.75 Å². The summed E-state index contributed by atoms with van der Waals surface area (Å²) in [5.41, 5.74) is 3.53. The number of ether oxygens (including phenoxy) is 1. The van der Waals surface area contributed by atoms with Crippen LogP contribution in [0.2, 0.25) is 0 Å². The van der Waals surface area contributed by atoms with Crippen LogP contribution in [0.4, 0.5) is 0 Å². The lowest BCUT2D eigenvalue weighted by Crippen LogP contribution is -2.21. The Labute approximate surface area is 187 Å². The molecule has 0 amide bonds. The van der Waals surface area contributed by atoms with Crippen molar-refractivity contribution in [1.29, 1.82) is 10.5 Å². The molecule has 1 saturated carbocycles. The predicted molar refractivity (Wildman–Crippen MR) is 123 cm³/mol. The van der Waals surface area contributed by atoms with E-state index in [1.807, 2.05) is 34.9 Å². The minimum Gasteiger partial charge on any atom is -0.492 e. The van der Waals surface area contributed by atoms with E-state index in [0.29, 0.717) is 29.5 Å². The highest BCUT2D eigenvalue weighted by Crippen LogP contribution is 2.37. The molecule has 0 spiro atoms. The molecule has 2 heterocycles. The highest BCUT2D eigenvalue weighted by molar-refractivity contribution is 7.98. The summed E-state index contributed by atoms with van der Waals surface area (Å²) in [7, 11) is 0. The van der Waals surface area contributed by atoms with Gasteiger partial charge in [-0.2, -0.15) is 10.5 Å². The van der Waals surface area contributed by atoms with E-state index in [2.05, 4.69) is 24.0 Å². The van der Waals surface area contributed by atoms with Gasteiger partial charge in [-0.05, 0) is 55.2 Å². The highest BCUT2D eigenvalue weighted by atomic mass is 32.2. The van der Waals surface area contributed by atoms with Crippen molar-refractivity contribution in [2.75, 3.05) is 12.9 Å². The predicted octanol–water partition coefficient (Wildman–Crippen LogP) is 6.06. The van der Waals surface area contributed by atoms with E-state index >= 15 is 0 Å². The van der Waals surface area contributed by atoms with Crippen molar-refractivity contribution < 1.29 is 4.74 Å². The number of imidazole rings is 1. The normalized spacial score (nSPS) is 18.5. The third-order valence-electron chi connectivity index (χ3n) is 6.28. The van der Waals surface area contributed by atoms with Crippen molar-refractivity contribution in [1.82, 2.24) is 9.38 Å². The second kappa shape index (κ2) is 9.45. The van der Waals surface area contributed by atoms with Gasteiger partial charge in [-0.15, -0.1) is 11.8 Å². The van der Waals surface area contributed by atoms with Crippen molar-refractivity contribution in [2.45, 2.75) is 43.9 Å². The lowest BCUT2D eigenvalue weighted by Gasteiger charge is -2.28. The number of hydrogen-bond acceptors (Lipinski definition) is 5. The zero-order valence-corrected chi connectivity index (χ0v) is 18.8. The van der Waals surface area contributed by atoms with Crippen molar-refractivity contribution in [3.63, 3.8) is 0 Å².